The molecule has 0 bridgehead atoms. The Morgan fingerprint density at radius 1 is 1.21 bits per heavy atom. The van der Waals surface area contributed by atoms with Gasteiger partial charge in [0.25, 0.3) is 0 Å². The molecule has 2 N–H and O–H groups in total. The van der Waals surface area contributed by atoms with Gasteiger partial charge < -0.3 is 19.9 Å². The van der Waals surface area contributed by atoms with Gasteiger partial charge in [-0.2, -0.15) is 0 Å². The van der Waals surface area contributed by atoms with Crippen LogP contribution in [0.2, 0.25) is 0 Å². The third-order valence-electron chi connectivity index (χ3n) is 3.40. The number of hydrogen-bond donors (Lipinski definition) is 2. The summed E-state index contributed by atoms with van der Waals surface area (Å²) in [7, 11) is 1.62. The summed E-state index contributed by atoms with van der Waals surface area (Å²) < 4.78 is 10.9. The SMILES string of the molecule is C#CC(Cc1cccc(OCc2ccc(OC)cc2)c1)NC(=O)O. The largest absolute Gasteiger partial charge is 0.497 e. The van der Waals surface area contributed by atoms with Gasteiger partial charge in [-0.15, -0.1) is 6.42 Å². The van der Waals surface area contributed by atoms with E-state index in [0.29, 0.717) is 18.8 Å². The van der Waals surface area contributed by atoms with E-state index in [4.69, 9.17) is 21.0 Å². The van der Waals surface area contributed by atoms with E-state index in [-0.39, 0.29) is 0 Å². The third-order valence-corrected chi connectivity index (χ3v) is 3.40. The lowest BCUT2D eigenvalue weighted by Gasteiger charge is -2.12. The fourth-order valence-electron chi connectivity index (χ4n) is 2.19. The number of hydrogen-bond acceptors (Lipinski definition) is 3. The number of terminal acetylenes is 1. The number of benzene rings is 2. The predicted molar refractivity (Wildman–Crippen MR) is 91.3 cm³/mol. The zero-order valence-corrected chi connectivity index (χ0v) is 13.4. The second-order valence-electron chi connectivity index (χ2n) is 5.16. The first-order chi connectivity index (χ1) is 11.6. The van der Waals surface area contributed by atoms with Gasteiger partial charge in [-0.05, 0) is 35.4 Å². The van der Waals surface area contributed by atoms with Crippen molar-refractivity contribution in [3.05, 3.63) is 59.7 Å². The van der Waals surface area contributed by atoms with Crippen LogP contribution in [-0.2, 0) is 13.0 Å². The summed E-state index contributed by atoms with van der Waals surface area (Å²) in [5.41, 5.74) is 1.93. The van der Waals surface area contributed by atoms with Crippen LogP contribution >= 0.6 is 0 Å². The summed E-state index contributed by atoms with van der Waals surface area (Å²) in [6, 6.07) is 14.5. The highest BCUT2D eigenvalue weighted by Gasteiger charge is 2.09. The quantitative estimate of drug-likeness (QED) is 0.768. The highest BCUT2D eigenvalue weighted by molar-refractivity contribution is 5.65. The summed E-state index contributed by atoms with van der Waals surface area (Å²) in [5.74, 6) is 3.93. The zero-order chi connectivity index (χ0) is 17.4. The van der Waals surface area contributed by atoms with Crippen molar-refractivity contribution in [2.75, 3.05) is 7.11 Å². The van der Waals surface area contributed by atoms with Gasteiger partial charge in [0, 0.05) is 6.42 Å². The van der Waals surface area contributed by atoms with Crippen molar-refractivity contribution in [3.63, 3.8) is 0 Å². The van der Waals surface area contributed by atoms with Crippen LogP contribution in [0.3, 0.4) is 0 Å². The van der Waals surface area contributed by atoms with Crippen molar-refractivity contribution >= 4 is 6.09 Å². The standard InChI is InChI=1S/C19H19NO4/c1-3-16(20-19(21)22)11-15-5-4-6-18(12-15)24-13-14-7-9-17(23-2)10-8-14/h1,4-10,12,16,20H,11,13H2,2H3,(H,21,22). The maximum atomic E-state index is 10.7. The Morgan fingerprint density at radius 3 is 2.58 bits per heavy atom. The van der Waals surface area contributed by atoms with E-state index in [2.05, 4.69) is 11.2 Å². The van der Waals surface area contributed by atoms with Gasteiger partial charge in [-0.3, -0.25) is 0 Å². The molecule has 0 aliphatic rings. The number of carbonyl (C=O) groups is 1. The summed E-state index contributed by atoms with van der Waals surface area (Å²) in [4.78, 5) is 10.7. The van der Waals surface area contributed by atoms with E-state index in [0.717, 1.165) is 16.9 Å². The number of carboxylic acid groups (broad SMARTS) is 1. The predicted octanol–water partition coefficient (Wildman–Crippen LogP) is 3.09. The van der Waals surface area contributed by atoms with Crippen LogP contribution in [0, 0.1) is 12.3 Å². The zero-order valence-electron chi connectivity index (χ0n) is 13.4. The summed E-state index contributed by atoms with van der Waals surface area (Å²) >= 11 is 0. The van der Waals surface area contributed by atoms with E-state index in [1.54, 1.807) is 7.11 Å². The molecule has 24 heavy (non-hydrogen) atoms. The third kappa shape index (κ3) is 5.25. The summed E-state index contributed by atoms with van der Waals surface area (Å²) in [5, 5.41) is 11.0. The van der Waals surface area contributed by atoms with Crippen LogP contribution in [0.1, 0.15) is 11.1 Å². The Morgan fingerprint density at radius 2 is 1.96 bits per heavy atom. The van der Waals surface area contributed by atoms with E-state index in [1.165, 1.54) is 0 Å². The van der Waals surface area contributed by atoms with Gasteiger partial charge in [-0.25, -0.2) is 4.79 Å². The van der Waals surface area contributed by atoms with Crippen molar-refractivity contribution < 1.29 is 19.4 Å². The van der Waals surface area contributed by atoms with Gasteiger partial charge in [-0.1, -0.05) is 30.2 Å². The number of amides is 1. The van der Waals surface area contributed by atoms with Crippen molar-refractivity contribution in [1.82, 2.24) is 5.32 Å². The molecule has 0 spiro atoms. The molecule has 1 unspecified atom stereocenters. The van der Waals surface area contributed by atoms with Crippen LogP contribution in [-0.4, -0.2) is 24.4 Å². The molecule has 0 aromatic heterocycles. The molecule has 124 valence electrons. The molecular weight excluding hydrogens is 306 g/mol. The maximum Gasteiger partial charge on any atom is 0.405 e. The van der Waals surface area contributed by atoms with Crippen LogP contribution in [0.25, 0.3) is 0 Å². The van der Waals surface area contributed by atoms with E-state index >= 15 is 0 Å². The molecule has 0 aliphatic carbocycles. The van der Waals surface area contributed by atoms with Crippen molar-refractivity contribution in [2.45, 2.75) is 19.1 Å². The number of methoxy groups -OCH3 is 1. The highest BCUT2D eigenvalue weighted by atomic mass is 16.5. The number of rotatable bonds is 7. The monoisotopic (exact) mass is 325 g/mol. The number of nitrogens with one attached hydrogen (secondary N) is 1. The van der Waals surface area contributed by atoms with Crippen LogP contribution < -0.4 is 14.8 Å². The lowest BCUT2D eigenvalue weighted by Crippen LogP contribution is -2.33. The molecular formula is C19H19NO4. The first kappa shape index (κ1) is 17.2. The van der Waals surface area contributed by atoms with Crippen LogP contribution in [0.4, 0.5) is 4.79 Å². The van der Waals surface area contributed by atoms with Crippen molar-refractivity contribution in [1.29, 1.82) is 0 Å². The first-order valence-corrected chi connectivity index (χ1v) is 7.41. The second-order valence-corrected chi connectivity index (χ2v) is 5.16. The van der Waals surface area contributed by atoms with Gasteiger partial charge in [0.05, 0.1) is 13.2 Å². The fourth-order valence-corrected chi connectivity index (χ4v) is 2.19. The molecule has 0 aliphatic heterocycles. The lowest BCUT2D eigenvalue weighted by molar-refractivity contribution is 0.192. The molecule has 1 atom stereocenters. The Bertz CT molecular complexity index is 719. The van der Waals surface area contributed by atoms with Crippen molar-refractivity contribution in [3.8, 4) is 23.8 Å². The molecule has 0 heterocycles. The first-order valence-electron chi connectivity index (χ1n) is 7.41. The van der Waals surface area contributed by atoms with Crippen LogP contribution in [0.15, 0.2) is 48.5 Å². The average Bonchev–Trinajstić information content (AvgIpc) is 2.60. The molecule has 5 nitrogen and oxygen atoms in total. The Balaban J connectivity index is 1.96. The normalized spacial score (nSPS) is 11.2. The minimum absolute atomic E-state index is 0.405. The smallest absolute Gasteiger partial charge is 0.405 e. The Hall–Kier alpha value is -3.13. The topological polar surface area (TPSA) is 67.8 Å². The maximum absolute atomic E-state index is 10.7. The van der Waals surface area contributed by atoms with E-state index < -0.39 is 12.1 Å². The Kier molecular flexibility index (Phi) is 6.09. The molecule has 5 heteroatoms. The van der Waals surface area contributed by atoms with Gasteiger partial charge in [0.2, 0.25) is 0 Å². The highest BCUT2D eigenvalue weighted by Crippen LogP contribution is 2.18. The Labute approximate surface area is 141 Å². The fraction of sp³-hybridized carbons (Fsp3) is 0.211. The van der Waals surface area contributed by atoms with Gasteiger partial charge >= 0.3 is 6.09 Å². The molecule has 0 saturated heterocycles. The number of ether oxygens (including phenoxy) is 2. The summed E-state index contributed by atoms with van der Waals surface area (Å²) in [6.45, 7) is 0.430. The minimum Gasteiger partial charge on any atom is -0.497 e. The molecule has 0 radical (unpaired) electrons. The van der Waals surface area contributed by atoms with E-state index in [1.807, 2.05) is 48.5 Å². The average molecular weight is 325 g/mol. The van der Waals surface area contributed by atoms with Crippen molar-refractivity contribution in [2.24, 2.45) is 0 Å². The second kappa shape index (κ2) is 8.49. The van der Waals surface area contributed by atoms with Crippen LogP contribution in [0.5, 0.6) is 11.5 Å². The van der Waals surface area contributed by atoms with E-state index in [9.17, 15) is 4.79 Å². The van der Waals surface area contributed by atoms with Gasteiger partial charge in [0.15, 0.2) is 0 Å². The molecule has 2 rings (SSSR count). The van der Waals surface area contributed by atoms with Gasteiger partial charge in [0.1, 0.15) is 18.1 Å². The minimum atomic E-state index is -1.13. The molecule has 0 fully saturated rings. The molecule has 2 aromatic rings. The molecule has 2 aromatic carbocycles. The lowest BCUT2D eigenvalue weighted by atomic mass is 10.1. The molecule has 1 amide bonds. The molecule has 0 saturated carbocycles. The summed E-state index contributed by atoms with van der Waals surface area (Å²) in [6.07, 6.45) is 4.62.